The zero-order chi connectivity index (χ0) is 17.9. The molecular weight excluding hydrogens is 327 g/mol. The molecule has 0 unspecified atom stereocenters. The molecule has 3 aromatic rings. The van der Waals surface area contributed by atoms with E-state index in [2.05, 4.69) is 38.9 Å². The summed E-state index contributed by atoms with van der Waals surface area (Å²) < 4.78 is 14.0. The highest BCUT2D eigenvalue weighted by Crippen LogP contribution is 2.23. The number of rotatable bonds is 4. The van der Waals surface area contributed by atoms with E-state index >= 15 is 0 Å². The number of fused-ring (bicyclic) bond motifs is 1. The highest BCUT2D eigenvalue weighted by Gasteiger charge is 2.23. The first kappa shape index (κ1) is 16.9. The smallest absolute Gasteiger partial charge is 0.149 e. The molecule has 0 radical (unpaired) electrons. The lowest BCUT2D eigenvalue weighted by molar-refractivity contribution is 0.198. The number of pyridine rings is 2. The first-order valence-corrected chi connectivity index (χ1v) is 9.10. The number of hydrogen-bond acceptors (Lipinski definition) is 4. The molecule has 1 saturated heterocycles. The first-order valence-electron chi connectivity index (χ1n) is 9.10. The van der Waals surface area contributed by atoms with Crippen molar-refractivity contribution in [2.24, 2.45) is 0 Å². The third-order valence-electron chi connectivity index (χ3n) is 5.26. The Morgan fingerprint density at radius 3 is 2.62 bits per heavy atom. The molecule has 3 heterocycles. The monoisotopic (exact) mass is 350 g/mol. The highest BCUT2D eigenvalue weighted by atomic mass is 19.1. The van der Waals surface area contributed by atoms with Crippen LogP contribution in [0.3, 0.4) is 0 Å². The molecule has 0 spiro atoms. The Hall–Kier alpha value is -2.53. The van der Waals surface area contributed by atoms with Gasteiger partial charge in [-0.15, -0.1) is 0 Å². The van der Waals surface area contributed by atoms with Gasteiger partial charge >= 0.3 is 0 Å². The van der Waals surface area contributed by atoms with E-state index in [1.54, 1.807) is 6.07 Å². The van der Waals surface area contributed by atoms with Crippen LogP contribution in [0.2, 0.25) is 0 Å². The summed E-state index contributed by atoms with van der Waals surface area (Å²) in [7, 11) is 2.14. The molecule has 4 rings (SSSR count). The average molecular weight is 350 g/mol. The van der Waals surface area contributed by atoms with Gasteiger partial charge in [-0.3, -0.25) is 9.88 Å². The molecule has 1 aliphatic rings. The van der Waals surface area contributed by atoms with E-state index < -0.39 is 0 Å². The van der Waals surface area contributed by atoms with E-state index in [1.807, 2.05) is 30.6 Å². The number of aromatic nitrogens is 2. The van der Waals surface area contributed by atoms with Crippen LogP contribution in [-0.4, -0.2) is 41.0 Å². The van der Waals surface area contributed by atoms with E-state index in [1.165, 1.54) is 11.8 Å². The molecule has 134 valence electrons. The van der Waals surface area contributed by atoms with Crippen LogP contribution in [0.25, 0.3) is 10.9 Å². The standard InChI is InChI=1S/C21H23FN4/c1-25(15-17-6-5-16-3-2-4-20(22)21(16)24-17)18-9-13-26(14-10-18)19-7-11-23-12-8-19/h2-8,11-12,18H,9-10,13-15H2,1H3. The van der Waals surface area contributed by atoms with Crippen LogP contribution >= 0.6 is 0 Å². The van der Waals surface area contributed by atoms with E-state index in [-0.39, 0.29) is 5.82 Å². The fourth-order valence-electron chi connectivity index (χ4n) is 3.74. The van der Waals surface area contributed by atoms with Crippen molar-refractivity contribution in [3.05, 3.63) is 66.4 Å². The average Bonchev–Trinajstić information content (AvgIpc) is 2.69. The molecule has 1 fully saturated rings. The van der Waals surface area contributed by atoms with Crippen molar-refractivity contribution in [3.63, 3.8) is 0 Å². The van der Waals surface area contributed by atoms with Crippen LogP contribution in [-0.2, 0) is 6.54 Å². The summed E-state index contributed by atoms with van der Waals surface area (Å²) in [6.45, 7) is 2.82. The Balaban J connectivity index is 1.40. The molecule has 0 amide bonds. The van der Waals surface area contributed by atoms with Gasteiger partial charge in [0.2, 0.25) is 0 Å². The maximum atomic E-state index is 14.0. The Kier molecular flexibility index (Phi) is 4.80. The maximum Gasteiger partial charge on any atom is 0.149 e. The second kappa shape index (κ2) is 7.38. The van der Waals surface area contributed by atoms with Gasteiger partial charge in [-0.05, 0) is 44.2 Å². The van der Waals surface area contributed by atoms with Crippen LogP contribution in [0.5, 0.6) is 0 Å². The predicted octanol–water partition coefficient (Wildman–Crippen LogP) is 3.87. The number of hydrogen-bond donors (Lipinski definition) is 0. The van der Waals surface area contributed by atoms with Crippen molar-refractivity contribution in [2.45, 2.75) is 25.4 Å². The summed E-state index contributed by atoms with van der Waals surface area (Å²) in [5, 5.41) is 0.849. The molecule has 0 bridgehead atoms. The van der Waals surface area contributed by atoms with Crippen molar-refractivity contribution in [1.82, 2.24) is 14.9 Å². The van der Waals surface area contributed by atoms with Gasteiger partial charge in [0.05, 0.1) is 5.69 Å². The minimum Gasteiger partial charge on any atom is -0.371 e. The Bertz CT molecular complexity index is 876. The lowest BCUT2D eigenvalue weighted by Gasteiger charge is -2.37. The number of benzene rings is 1. The maximum absolute atomic E-state index is 14.0. The molecule has 26 heavy (non-hydrogen) atoms. The van der Waals surface area contributed by atoms with E-state index in [9.17, 15) is 4.39 Å². The van der Waals surface area contributed by atoms with Crippen molar-refractivity contribution < 1.29 is 4.39 Å². The van der Waals surface area contributed by atoms with Gasteiger partial charge in [0.15, 0.2) is 0 Å². The summed E-state index contributed by atoms with van der Waals surface area (Å²) >= 11 is 0. The van der Waals surface area contributed by atoms with Crippen LogP contribution in [0.1, 0.15) is 18.5 Å². The SMILES string of the molecule is CN(Cc1ccc2cccc(F)c2n1)C1CCN(c2ccncc2)CC1. The van der Waals surface area contributed by atoms with Gasteiger partial charge < -0.3 is 4.90 Å². The van der Waals surface area contributed by atoms with E-state index in [4.69, 9.17) is 0 Å². The van der Waals surface area contributed by atoms with Crippen LogP contribution in [0, 0.1) is 5.82 Å². The van der Waals surface area contributed by atoms with Crippen molar-refractivity contribution >= 4 is 16.6 Å². The zero-order valence-corrected chi connectivity index (χ0v) is 15.0. The highest BCUT2D eigenvalue weighted by molar-refractivity contribution is 5.79. The summed E-state index contributed by atoms with van der Waals surface area (Å²) in [5.41, 5.74) is 2.63. The second-order valence-corrected chi connectivity index (χ2v) is 6.95. The Morgan fingerprint density at radius 2 is 1.85 bits per heavy atom. The van der Waals surface area contributed by atoms with Crippen LogP contribution in [0.15, 0.2) is 54.9 Å². The molecular formula is C21H23FN4. The quantitative estimate of drug-likeness (QED) is 0.715. The number of para-hydroxylation sites is 1. The molecule has 0 atom stereocenters. The van der Waals surface area contributed by atoms with Crippen molar-refractivity contribution in [1.29, 1.82) is 0 Å². The summed E-state index contributed by atoms with van der Waals surface area (Å²) in [5.74, 6) is -0.252. The van der Waals surface area contributed by atoms with Crippen molar-refractivity contribution in [3.8, 4) is 0 Å². The second-order valence-electron chi connectivity index (χ2n) is 6.95. The molecule has 0 aliphatic carbocycles. The minimum atomic E-state index is -0.252. The first-order chi connectivity index (χ1) is 12.7. The lowest BCUT2D eigenvalue weighted by atomic mass is 10.0. The zero-order valence-electron chi connectivity index (χ0n) is 15.0. The predicted molar refractivity (Wildman–Crippen MR) is 103 cm³/mol. The summed E-state index contributed by atoms with van der Waals surface area (Å²) in [4.78, 5) is 13.4. The molecule has 5 heteroatoms. The van der Waals surface area contributed by atoms with Gasteiger partial charge in [-0.2, -0.15) is 0 Å². The molecule has 1 aromatic carbocycles. The largest absolute Gasteiger partial charge is 0.371 e. The third kappa shape index (κ3) is 3.53. The number of nitrogens with zero attached hydrogens (tertiary/aromatic N) is 4. The molecule has 4 nitrogen and oxygen atoms in total. The van der Waals surface area contributed by atoms with Crippen LogP contribution < -0.4 is 4.90 Å². The third-order valence-corrected chi connectivity index (χ3v) is 5.26. The summed E-state index contributed by atoms with van der Waals surface area (Å²) in [6, 6.07) is 13.7. The fourth-order valence-corrected chi connectivity index (χ4v) is 3.74. The molecule has 1 aliphatic heterocycles. The van der Waals surface area contributed by atoms with Gasteiger partial charge in [0, 0.05) is 49.1 Å². The Labute approximate surface area is 153 Å². The van der Waals surface area contributed by atoms with E-state index in [0.717, 1.165) is 43.6 Å². The summed E-state index contributed by atoms with van der Waals surface area (Å²) in [6.07, 6.45) is 5.91. The van der Waals surface area contributed by atoms with E-state index in [0.29, 0.717) is 11.6 Å². The molecule has 0 saturated carbocycles. The number of halogens is 1. The van der Waals surface area contributed by atoms with Gasteiger partial charge in [-0.25, -0.2) is 9.37 Å². The topological polar surface area (TPSA) is 32.3 Å². The number of piperidine rings is 1. The normalized spacial score (nSPS) is 15.7. The van der Waals surface area contributed by atoms with Crippen LogP contribution in [0.4, 0.5) is 10.1 Å². The minimum absolute atomic E-state index is 0.252. The lowest BCUT2D eigenvalue weighted by Crippen LogP contribution is -2.43. The van der Waals surface area contributed by atoms with Gasteiger partial charge in [0.1, 0.15) is 11.3 Å². The molecule has 0 N–H and O–H groups in total. The van der Waals surface area contributed by atoms with Gasteiger partial charge in [0.25, 0.3) is 0 Å². The Morgan fingerprint density at radius 1 is 1.08 bits per heavy atom. The fraction of sp³-hybridized carbons (Fsp3) is 0.333. The van der Waals surface area contributed by atoms with Gasteiger partial charge in [-0.1, -0.05) is 18.2 Å². The molecule has 2 aromatic heterocycles. The van der Waals surface area contributed by atoms with Crippen molar-refractivity contribution in [2.75, 3.05) is 25.0 Å². The number of anilines is 1.